The van der Waals surface area contributed by atoms with Crippen molar-refractivity contribution in [2.45, 2.75) is 19.8 Å². The van der Waals surface area contributed by atoms with E-state index < -0.39 is 5.91 Å². The fourth-order valence-electron chi connectivity index (χ4n) is 5.13. The summed E-state index contributed by atoms with van der Waals surface area (Å²) in [5, 5.41) is 6.09. The quantitative estimate of drug-likeness (QED) is 0.273. The highest BCUT2D eigenvalue weighted by atomic mass is 16.5. The average molecular weight is 615 g/mol. The first-order valence-electron chi connectivity index (χ1n) is 15.3. The maximum atomic E-state index is 12.5. The van der Waals surface area contributed by atoms with Crippen LogP contribution in [0.2, 0.25) is 0 Å². The lowest BCUT2D eigenvalue weighted by atomic mass is 10.1. The van der Waals surface area contributed by atoms with Crippen LogP contribution in [0.5, 0.6) is 11.6 Å². The molecule has 2 aliphatic heterocycles. The van der Waals surface area contributed by atoms with E-state index in [1.807, 2.05) is 44.2 Å². The van der Waals surface area contributed by atoms with E-state index in [-0.39, 0.29) is 29.2 Å². The number of carbonyl (C=O) groups excluding carboxylic acids is 2. The minimum absolute atomic E-state index is 0.0269. The number of likely N-dealkylation sites (N-methyl/N-ethyl adjacent to an activating group) is 1. The van der Waals surface area contributed by atoms with Gasteiger partial charge in [0.1, 0.15) is 11.4 Å². The lowest BCUT2D eigenvalue weighted by Gasteiger charge is -2.34. The van der Waals surface area contributed by atoms with E-state index in [4.69, 9.17) is 15.2 Å². The van der Waals surface area contributed by atoms with Gasteiger partial charge < -0.3 is 35.6 Å². The second kappa shape index (κ2) is 15.0. The molecule has 0 saturated carbocycles. The van der Waals surface area contributed by atoms with E-state index in [2.05, 4.69) is 42.3 Å². The molecule has 12 nitrogen and oxygen atoms in total. The number of hydrogen-bond acceptors (Lipinski definition) is 10. The van der Waals surface area contributed by atoms with Crippen LogP contribution < -0.4 is 26.0 Å². The molecule has 0 unspecified atom stereocenters. The van der Waals surface area contributed by atoms with Crippen molar-refractivity contribution in [2.75, 3.05) is 81.6 Å². The van der Waals surface area contributed by atoms with Gasteiger partial charge in [-0.2, -0.15) is 4.98 Å². The number of nitrogens with zero attached hydrogens (tertiary/aromatic N) is 5. The number of aromatic nitrogens is 2. The zero-order chi connectivity index (χ0) is 31.8. The molecule has 12 heteroatoms. The molecule has 2 aromatic carbocycles. The number of ether oxygens (including phenoxy) is 2. The number of anilines is 4. The smallest absolute Gasteiger partial charge is 0.271 e. The molecule has 45 heavy (non-hydrogen) atoms. The van der Waals surface area contributed by atoms with Crippen LogP contribution in [0.3, 0.4) is 0 Å². The van der Waals surface area contributed by atoms with Crippen LogP contribution in [0.1, 0.15) is 35.9 Å². The summed E-state index contributed by atoms with van der Waals surface area (Å²) in [5.74, 6) is -0.153. The van der Waals surface area contributed by atoms with Crippen LogP contribution in [0.15, 0.2) is 60.7 Å². The number of morpholine rings is 1. The Labute approximate surface area is 264 Å². The van der Waals surface area contributed by atoms with Crippen molar-refractivity contribution in [3.63, 3.8) is 0 Å². The van der Waals surface area contributed by atoms with Gasteiger partial charge in [-0.15, -0.1) is 0 Å². The standard InChI is InChI=1S/C33H42N8O4/c1-23(2)29-33(45-27-7-4-6-25(22-27)35-28(42)8-5-13-40-18-20-44-21-19-40)38-32(30(37-29)31(34)43)36-24-9-11-26(12-10-24)41-16-14-39(3)15-17-41/h4-12,22-23H,13-21H2,1-3H3,(H2,34,43)(H,35,42)(H,36,38). The number of nitrogens with two attached hydrogens (primary N) is 1. The van der Waals surface area contributed by atoms with Crippen LogP contribution in [0, 0.1) is 0 Å². The maximum Gasteiger partial charge on any atom is 0.271 e. The number of nitrogens with one attached hydrogen (secondary N) is 2. The summed E-state index contributed by atoms with van der Waals surface area (Å²) in [7, 11) is 2.13. The summed E-state index contributed by atoms with van der Waals surface area (Å²) < 4.78 is 11.6. The third-order valence-electron chi connectivity index (χ3n) is 7.72. The largest absolute Gasteiger partial charge is 0.437 e. The predicted molar refractivity (Wildman–Crippen MR) is 176 cm³/mol. The number of rotatable bonds is 11. The van der Waals surface area contributed by atoms with E-state index in [9.17, 15) is 9.59 Å². The predicted octanol–water partition coefficient (Wildman–Crippen LogP) is 3.81. The van der Waals surface area contributed by atoms with Crippen LogP contribution in [-0.2, 0) is 9.53 Å². The summed E-state index contributed by atoms with van der Waals surface area (Å²) in [5.41, 5.74) is 8.68. The Hall–Kier alpha value is -4.52. The summed E-state index contributed by atoms with van der Waals surface area (Å²) in [6.45, 7) is 11.7. The van der Waals surface area contributed by atoms with Gasteiger partial charge in [-0.3, -0.25) is 14.5 Å². The van der Waals surface area contributed by atoms with Crippen molar-refractivity contribution < 1.29 is 19.1 Å². The second-order valence-corrected chi connectivity index (χ2v) is 11.5. The van der Waals surface area contributed by atoms with Crippen LogP contribution in [-0.4, -0.2) is 97.7 Å². The lowest BCUT2D eigenvalue weighted by Crippen LogP contribution is -2.44. The number of primary amides is 1. The Balaban J connectivity index is 1.30. The van der Waals surface area contributed by atoms with Gasteiger partial charge in [0.25, 0.3) is 5.91 Å². The van der Waals surface area contributed by atoms with Crippen molar-refractivity contribution in [3.8, 4) is 11.6 Å². The highest BCUT2D eigenvalue weighted by Crippen LogP contribution is 2.32. The molecule has 2 aliphatic rings. The molecule has 2 amide bonds. The number of hydrogen-bond donors (Lipinski definition) is 3. The first-order valence-corrected chi connectivity index (χ1v) is 15.3. The molecule has 3 aromatic rings. The molecule has 1 aromatic heterocycles. The average Bonchev–Trinajstić information content (AvgIpc) is 3.02. The minimum atomic E-state index is -0.695. The molecule has 5 rings (SSSR count). The summed E-state index contributed by atoms with van der Waals surface area (Å²) >= 11 is 0. The van der Waals surface area contributed by atoms with Gasteiger partial charge in [-0.05, 0) is 43.4 Å². The normalized spacial score (nSPS) is 16.2. The van der Waals surface area contributed by atoms with E-state index in [0.717, 1.165) is 50.6 Å². The molecule has 2 saturated heterocycles. The number of amides is 2. The van der Waals surface area contributed by atoms with Crippen LogP contribution in [0.25, 0.3) is 0 Å². The van der Waals surface area contributed by atoms with E-state index >= 15 is 0 Å². The lowest BCUT2D eigenvalue weighted by molar-refractivity contribution is -0.111. The van der Waals surface area contributed by atoms with Crippen LogP contribution >= 0.6 is 0 Å². The number of benzene rings is 2. The molecule has 4 N–H and O–H groups in total. The molecule has 0 spiro atoms. The number of carbonyl (C=O) groups is 2. The van der Waals surface area contributed by atoms with Gasteiger partial charge in [-0.1, -0.05) is 26.0 Å². The van der Waals surface area contributed by atoms with Crippen molar-refractivity contribution in [1.29, 1.82) is 0 Å². The third kappa shape index (κ3) is 8.78. The third-order valence-corrected chi connectivity index (χ3v) is 7.72. The first-order chi connectivity index (χ1) is 21.7. The highest BCUT2D eigenvalue weighted by Gasteiger charge is 2.22. The second-order valence-electron chi connectivity index (χ2n) is 11.5. The SMILES string of the molecule is CC(C)c1nc(C(N)=O)c(Nc2ccc(N3CCN(C)CC3)cc2)nc1Oc1cccc(NC(=O)C=CCN2CCOCC2)c1. The van der Waals surface area contributed by atoms with Gasteiger partial charge >= 0.3 is 0 Å². The molecular formula is C33H42N8O4. The zero-order valence-corrected chi connectivity index (χ0v) is 26.2. The Morgan fingerprint density at radius 2 is 1.73 bits per heavy atom. The minimum Gasteiger partial charge on any atom is -0.437 e. The molecule has 3 heterocycles. The van der Waals surface area contributed by atoms with Gasteiger partial charge in [0, 0.05) is 80.9 Å². The van der Waals surface area contributed by atoms with E-state index in [1.165, 1.54) is 6.08 Å². The Morgan fingerprint density at radius 1 is 1.00 bits per heavy atom. The Bertz CT molecular complexity index is 1500. The maximum absolute atomic E-state index is 12.5. The zero-order valence-electron chi connectivity index (χ0n) is 26.2. The summed E-state index contributed by atoms with van der Waals surface area (Å²) in [6, 6.07) is 15.0. The van der Waals surface area contributed by atoms with E-state index in [1.54, 1.807) is 24.3 Å². The number of piperazine rings is 1. The topological polar surface area (TPSA) is 138 Å². The molecule has 0 bridgehead atoms. The molecule has 0 atom stereocenters. The molecular weight excluding hydrogens is 572 g/mol. The van der Waals surface area contributed by atoms with Crippen molar-refractivity contribution >= 4 is 34.7 Å². The van der Waals surface area contributed by atoms with Crippen molar-refractivity contribution in [3.05, 3.63) is 72.1 Å². The Kier molecular flexibility index (Phi) is 10.6. The fourth-order valence-corrected chi connectivity index (χ4v) is 5.13. The summed E-state index contributed by atoms with van der Waals surface area (Å²) in [4.78, 5) is 41.1. The van der Waals surface area contributed by atoms with Gasteiger partial charge in [0.2, 0.25) is 11.8 Å². The van der Waals surface area contributed by atoms with Crippen LogP contribution in [0.4, 0.5) is 22.9 Å². The summed E-state index contributed by atoms with van der Waals surface area (Å²) in [6.07, 6.45) is 3.38. The van der Waals surface area contributed by atoms with Gasteiger partial charge in [0.05, 0.1) is 13.2 Å². The van der Waals surface area contributed by atoms with Crippen molar-refractivity contribution in [1.82, 2.24) is 19.8 Å². The Morgan fingerprint density at radius 3 is 2.42 bits per heavy atom. The highest BCUT2D eigenvalue weighted by molar-refractivity contribution is 5.99. The van der Waals surface area contributed by atoms with Gasteiger partial charge in [-0.25, -0.2) is 4.98 Å². The molecule has 2 fully saturated rings. The monoisotopic (exact) mass is 614 g/mol. The first kappa shape index (κ1) is 31.9. The fraction of sp³-hybridized carbons (Fsp3) is 0.394. The van der Waals surface area contributed by atoms with Crippen molar-refractivity contribution in [2.24, 2.45) is 5.73 Å². The molecule has 0 aliphatic carbocycles. The van der Waals surface area contributed by atoms with Gasteiger partial charge in [0.15, 0.2) is 11.5 Å². The molecule has 0 radical (unpaired) electrons. The molecule has 238 valence electrons. The van der Waals surface area contributed by atoms with E-state index in [0.29, 0.717) is 36.9 Å².